The summed E-state index contributed by atoms with van der Waals surface area (Å²) in [6.45, 7) is 11.3. The molecule has 0 aromatic rings. The summed E-state index contributed by atoms with van der Waals surface area (Å²) in [5.74, 6) is 1.17. The Labute approximate surface area is 198 Å². The van der Waals surface area contributed by atoms with E-state index in [9.17, 15) is 19.8 Å². The molecular weight excluding hydrogens is 412 g/mol. The van der Waals surface area contributed by atoms with E-state index in [4.69, 9.17) is 0 Å². The van der Waals surface area contributed by atoms with Gasteiger partial charge in [0.05, 0.1) is 11.5 Å². The van der Waals surface area contributed by atoms with Gasteiger partial charge in [-0.05, 0) is 116 Å². The first-order valence-electron chi connectivity index (χ1n) is 13.5. The quantitative estimate of drug-likeness (QED) is 0.538. The van der Waals surface area contributed by atoms with Crippen molar-refractivity contribution in [3.63, 3.8) is 0 Å². The zero-order valence-electron chi connectivity index (χ0n) is 21.1. The molecule has 0 radical (unpaired) electrons. The van der Waals surface area contributed by atoms with Crippen LogP contribution in [0.5, 0.6) is 0 Å². The molecule has 2 N–H and O–H groups in total. The highest BCUT2D eigenvalue weighted by Crippen LogP contribution is 2.84. The van der Waals surface area contributed by atoms with Crippen molar-refractivity contribution in [1.82, 2.24) is 0 Å². The average molecular weight is 455 g/mol. The summed E-state index contributed by atoms with van der Waals surface area (Å²) in [4.78, 5) is 26.3. The van der Waals surface area contributed by atoms with Crippen molar-refractivity contribution in [3.05, 3.63) is 11.6 Å². The van der Waals surface area contributed by atoms with Crippen LogP contribution in [0.15, 0.2) is 11.6 Å². The average Bonchev–Trinajstić information content (AvgIpc) is 3.48. The largest absolute Gasteiger partial charge is 0.481 e. The molecule has 4 nitrogen and oxygen atoms in total. The Hall–Kier alpha value is -1.16. The number of hydrogen-bond donors (Lipinski definition) is 2. The van der Waals surface area contributed by atoms with Crippen LogP contribution in [0.4, 0.5) is 0 Å². The second-order valence-electron chi connectivity index (χ2n) is 14.3. The molecule has 0 heterocycles. The number of aliphatic hydroxyl groups is 1. The minimum atomic E-state index is -0.692. The molecule has 33 heavy (non-hydrogen) atoms. The van der Waals surface area contributed by atoms with Crippen LogP contribution in [0.1, 0.15) is 92.4 Å². The van der Waals surface area contributed by atoms with E-state index >= 15 is 0 Å². The first-order chi connectivity index (χ1) is 15.3. The number of aliphatic carboxylic acids is 1. The Morgan fingerprint density at radius 3 is 2.42 bits per heavy atom. The molecule has 4 heteroatoms. The van der Waals surface area contributed by atoms with E-state index in [1.54, 1.807) is 0 Å². The van der Waals surface area contributed by atoms with E-state index < -0.39 is 11.4 Å². The maximum Gasteiger partial charge on any atom is 0.309 e. The van der Waals surface area contributed by atoms with Gasteiger partial charge in [-0.25, -0.2) is 0 Å². The summed E-state index contributed by atoms with van der Waals surface area (Å²) in [7, 11) is 0. The molecule has 6 aliphatic carbocycles. The molecule has 0 amide bonds. The third-order valence-corrected chi connectivity index (χ3v) is 13.0. The van der Waals surface area contributed by atoms with E-state index in [-0.39, 0.29) is 45.5 Å². The molecule has 0 aliphatic heterocycles. The molecule has 6 aliphatic rings. The first kappa shape index (κ1) is 22.3. The lowest BCUT2D eigenvalue weighted by Crippen LogP contribution is -2.62. The lowest BCUT2D eigenvalue weighted by Gasteiger charge is -2.65. The number of fused-ring (bicyclic) bond motifs is 5. The highest BCUT2D eigenvalue weighted by Gasteiger charge is 2.79. The summed E-state index contributed by atoms with van der Waals surface area (Å²) in [5.41, 5.74) is 0.764. The van der Waals surface area contributed by atoms with Crippen molar-refractivity contribution >= 4 is 11.8 Å². The number of hydrogen-bond acceptors (Lipinski definition) is 3. The standard InChI is InChI=1S/C29H42O4/c1-16-18-12-17-14-29(17)23(27(18,4)7-6-21(16)30)22(31)13-19-20-15-26(3,24(32)33)9-8-25(20,2)10-11-28(19,29)5/h13,16-18,20-21,23,30H,6-12,14-15H2,1-5H3,(H,32,33)/t16-,17-,18?,20-,21+,23?,25-,26+,27+,28-,29-/m1/s1. The van der Waals surface area contributed by atoms with Crippen LogP contribution < -0.4 is 0 Å². The van der Waals surface area contributed by atoms with Gasteiger partial charge in [-0.15, -0.1) is 0 Å². The number of carboxylic acids is 1. The minimum Gasteiger partial charge on any atom is -0.481 e. The van der Waals surface area contributed by atoms with E-state index in [1.807, 2.05) is 13.0 Å². The molecule has 182 valence electrons. The van der Waals surface area contributed by atoms with Crippen LogP contribution in [0.2, 0.25) is 0 Å². The SMILES string of the molecule is C[C@@H]1C2C[C@@H]3C[C@]34C(C(=O)C=C3[C@H]5C[C@@](C)(C(=O)O)CC[C@]5(C)CC[C@]34C)[C@@]2(C)CC[C@@H]1O. The fourth-order valence-corrected chi connectivity index (χ4v) is 10.7. The second-order valence-corrected chi connectivity index (χ2v) is 14.3. The van der Waals surface area contributed by atoms with Gasteiger partial charge in [-0.2, -0.15) is 0 Å². The Balaban J connectivity index is 1.46. The van der Waals surface area contributed by atoms with Gasteiger partial charge in [0.15, 0.2) is 5.78 Å². The van der Waals surface area contributed by atoms with E-state index in [0.717, 1.165) is 51.4 Å². The molecular formula is C29H42O4. The number of rotatable bonds is 1. The topological polar surface area (TPSA) is 74.6 Å². The highest BCUT2D eigenvalue weighted by molar-refractivity contribution is 5.96. The normalized spacial score (nSPS) is 59.2. The number of carbonyl (C=O) groups is 2. The summed E-state index contributed by atoms with van der Waals surface area (Å²) in [6, 6.07) is 0. The van der Waals surface area contributed by atoms with Crippen LogP contribution >= 0.6 is 0 Å². The van der Waals surface area contributed by atoms with Crippen molar-refractivity contribution in [2.75, 3.05) is 0 Å². The lowest BCUT2D eigenvalue weighted by molar-refractivity contribution is -0.165. The molecule has 6 rings (SSSR count). The van der Waals surface area contributed by atoms with Gasteiger partial charge in [0.1, 0.15) is 0 Å². The fraction of sp³-hybridized carbons (Fsp3) is 0.862. The number of allylic oxidation sites excluding steroid dienone is 2. The van der Waals surface area contributed by atoms with Gasteiger partial charge >= 0.3 is 5.97 Å². The zero-order chi connectivity index (χ0) is 23.8. The molecule has 5 fully saturated rings. The third-order valence-electron chi connectivity index (χ3n) is 13.0. The maximum absolute atomic E-state index is 14.1. The van der Waals surface area contributed by atoms with Gasteiger partial charge in [0.2, 0.25) is 0 Å². The Morgan fingerprint density at radius 1 is 1.03 bits per heavy atom. The van der Waals surface area contributed by atoms with E-state index in [1.165, 1.54) is 5.57 Å². The van der Waals surface area contributed by atoms with Crippen molar-refractivity contribution < 1.29 is 19.8 Å². The van der Waals surface area contributed by atoms with Crippen molar-refractivity contribution in [3.8, 4) is 0 Å². The van der Waals surface area contributed by atoms with Crippen LogP contribution in [-0.2, 0) is 9.59 Å². The van der Waals surface area contributed by atoms with Crippen LogP contribution in [-0.4, -0.2) is 28.1 Å². The predicted molar refractivity (Wildman–Crippen MR) is 126 cm³/mol. The van der Waals surface area contributed by atoms with Crippen molar-refractivity contribution in [2.24, 2.45) is 56.7 Å². The van der Waals surface area contributed by atoms with Crippen LogP contribution in [0, 0.1) is 56.7 Å². The van der Waals surface area contributed by atoms with Gasteiger partial charge in [-0.1, -0.05) is 33.3 Å². The first-order valence-corrected chi connectivity index (χ1v) is 13.5. The summed E-state index contributed by atoms with van der Waals surface area (Å²) >= 11 is 0. The Kier molecular flexibility index (Phi) is 4.28. The number of carbonyl (C=O) groups excluding carboxylic acids is 1. The Morgan fingerprint density at radius 2 is 1.73 bits per heavy atom. The van der Waals surface area contributed by atoms with E-state index in [2.05, 4.69) is 27.7 Å². The van der Waals surface area contributed by atoms with Crippen molar-refractivity contribution in [2.45, 2.75) is 98.5 Å². The molecule has 1 spiro atoms. The van der Waals surface area contributed by atoms with E-state index in [0.29, 0.717) is 24.0 Å². The van der Waals surface area contributed by atoms with Crippen LogP contribution in [0.3, 0.4) is 0 Å². The number of carboxylic acid groups (broad SMARTS) is 1. The van der Waals surface area contributed by atoms with Gasteiger partial charge < -0.3 is 10.2 Å². The van der Waals surface area contributed by atoms with Crippen LogP contribution in [0.25, 0.3) is 0 Å². The minimum absolute atomic E-state index is 0.00442. The highest BCUT2D eigenvalue weighted by atomic mass is 16.4. The smallest absolute Gasteiger partial charge is 0.309 e. The fourth-order valence-electron chi connectivity index (χ4n) is 10.7. The molecule has 0 saturated heterocycles. The molecule has 0 aromatic heterocycles. The molecule has 0 bridgehead atoms. The molecule has 5 saturated carbocycles. The predicted octanol–water partition coefficient (Wildman–Crippen LogP) is 5.63. The second kappa shape index (κ2) is 6.33. The summed E-state index contributed by atoms with van der Waals surface area (Å²) in [5, 5.41) is 20.7. The van der Waals surface area contributed by atoms with Gasteiger partial charge in [0, 0.05) is 5.92 Å². The van der Waals surface area contributed by atoms with Gasteiger partial charge in [0.25, 0.3) is 0 Å². The lowest BCUT2D eigenvalue weighted by atomic mass is 9.38. The maximum atomic E-state index is 14.1. The third kappa shape index (κ3) is 2.47. The summed E-state index contributed by atoms with van der Waals surface area (Å²) in [6.07, 6.45) is 10.5. The Bertz CT molecular complexity index is 969. The number of aliphatic hydroxyl groups excluding tert-OH is 1. The summed E-state index contributed by atoms with van der Waals surface area (Å²) < 4.78 is 0. The molecule has 0 aromatic carbocycles. The number of ketones is 1. The zero-order valence-corrected chi connectivity index (χ0v) is 21.1. The monoisotopic (exact) mass is 454 g/mol. The molecule has 11 atom stereocenters. The molecule has 2 unspecified atom stereocenters. The van der Waals surface area contributed by atoms with Gasteiger partial charge in [-0.3, -0.25) is 9.59 Å². The van der Waals surface area contributed by atoms with Crippen molar-refractivity contribution in [1.29, 1.82) is 0 Å².